The van der Waals surface area contributed by atoms with E-state index < -0.39 is 0 Å². The predicted octanol–water partition coefficient (Wildman–Crippen LogP) is 14.1. The Morgan fingerprint density at radius 2 is 0.295 bits per heavy atom. The molecule has 10 rings (SSSR count). The predicted molar refractivity (Wildman–Crippen MR) is 333 cm³/mol. The van der Waals surface area contributed by atoms with Gasteiger partial charge in [-0.1, -0.05) is 114 Å². The maximum Gasteiger partial charge on any atom is 0.173 e. The third-order valence-electron chi connectivity index (χ3n) is 13.9. The molecule has 0 saturated carbocycles. The maximum absolute atomic E-state index is 3.64. The fraction of sp³-hybridized carbons (Fsp3) is 0.182. The van der Waals surface area contributed by atoms with Crippen LogP contribution in [0.3, 0.4) is 0 Å². The molecule has 78 heavy (non-hydrogen) atoms. The van der Waals surface area contributed by atoms with E-state index in [1.165, 1.54) is 100 Å². The van der Waals surface area contributed by atoms with Crippen LogP contribution in [-0.4, -0.2) is 0 Å². The zero-order valence-corrected chi connectivity index (χ0v) is 52.7. The molecule has 0 fully saturated rings. The van der Waals surface area contributed by atoms with Gasteiger partial charge in [-0.25, -0.2) is 27.4 Å². The summed E-state index contributed by atoms with van der Waals surface area (Å²) in [6.07, 6.45) is 26.3. The van der Waals surface area contributed by atoms with E-state index in [0.717, 1.165) is 71.2 Å². The second kappa shape index (κ2) is 27.2. The lowest BCUT2D eigenvalue weighted by Crippen LogP contribution is -2.36. The number of alkyl halides is 6. The minimum atomic E-state index is 0.758. The topological polar surface area (TPSA) is 23.3 Å². The monoisotopic (exact) mass is 1410 g/mol. The van der Waals surface area contributed by atoms with Crippen molar-refractivity contribution in [3.63, 3.8) is 0 Å². The Balaban J connectivity index is 0.847. The second-order valence-corrected chi connectivity index (χ2v) is 23.4. The smallest absolute Gasteiger partial charge is 0.173 e. The largest absolute Gasteiger partial charge is 0.201 e. The molecule has 4 aromatic carbocycles. The summed E-state index contributed by atoms with van der Waals surface area (Å²) in [5.41, 5.74) is 22.6. The van der Waals surface area contributed by atoms with Crippen LogP contribution >= 0.6 is 95.6 Å². The van der Waals surface area contributed by atoms with E-state index in [4.69, 9.17) is 0 Å². The summed E-state index contributed by atoms with van der Waals surface area (Å²) in [6, 6.07) is 54.2. The van der Waals surface area contributed by atoms with Gasteiger partial charge in [0.2, 0.25) is 0 Å². The van der Waals surface area contributed by atoms with Crippen LogP contribution in [0, 0.1) is 0 Å². The van der Waals surface area contributed by atoms with E-state index in [9.17, 15) is 0 Å². The molecule has 6 nitrogen and oxygen atoms in total. The Kier molecular flexibility index (Phi) is 19.5. The Morgan fingerprint density at radius 1 is 0.179 bits per heavy atom. The van der Waals surface area contributed by atoms with E-state index in [1.807, 2.05) is 0 Å². The molecule has 390 valence electrons. The molecule has 0 aliphatic heterocycles. The van der Waals surface area contributed by atoms with E-state index in [2.05, 4.69) is 343 Å². The number of pyridine rings is 6. The van der Waals surface area contributed by atoms with Crippen molar-refractivity contribution in [3.05, 3.63) is 287 Å². The summed E-state index contributed by atoms with van der Waals surface area (Å²) in [7, 11) is 0. The fourth-order valence-corrected chi connectivity index (χ4v) is 12.1. The first kappa shape index (κ1) is 56.0. The summed E-state index contributed by atoms with van der Waals surface area (Å²) in [4.78, 5) is 0. The Hall–Kier alpha value is -5.34. The zero-order chi connectivity index (χ0) is 53.8. The van der Waals surface area contributed by atoms with Crippen molar-refractivity contribution < 1.29 is 27.4 Å². The number of rotatable bonds is 21. The van der Waals surface area contributed by atoms with E-state index in [1.54, 1.807) is 0 Å². The van der Waals surface area contributed by atoms with Crippen molar-refractivity contribution in [2.24, 2.45) is 0 Å². The van der Waals surface area contributed by atoms with Crippen LogP contribution in [0.5, 0.6) is 0 Å². The summed E-state index contributed by atoms with van der Waals surface area (Å²) in [6.45, 7) is 4.75. The SMILES string of the molecule is BrCc1cc(CBr)cc(C[n+]2ccc(-c3cc[n+](Cc4cc(C[n+]5ccc(-c6cc[n+](Cc7cc(CBr)cc(CBr)c7)cc6)cc5)cc(C[n+]5ccc(-c6cc[n+](Cc7cc(CBr)cc(CBr)c7)cc6)cc5)c4)cc3)cc2)c1. The first-order valence-electron chi connectivity index (χ1n) is 26.0. The van der Waals surface area contributed by atoms with Gasteiger partial charge in [0.25, 0.3) is 0 Å². The van der Waals surface area contributed by atoms with Crippen LogP contribution in [0.15, 0.2) is 220 Å². The van der Waals surface area contributed by atoms with Gasteiger partial charge < -0.3 is 0 Å². The van der Waals surface area contributed by atoms with Gasteiger partial charge in [-0.05, 0) is 121 Å². The lowest BCUT2D eigenvalue weighted by atomic mass is 10.0. The highest BCUT2D eigenvalue weighted by molar-refractivity contribution is 9.09. The first-order valence-corrected chi connectivity index (χ1v) is 32.7. The number of benzene rings is 4. The third-order valence-corrected chi connectivity index (χ3v) is 17.8. The van der Waals surface area contributed by atoms with Gasteiger partial charge >= 0.3 is 0 Å². The van der Waals surface area contributed by atoms with Crippen LogP contribution in [0.25, 0.3) is 33.4 Å². The van der Waals surface area contributed by atoms with Crippen LogP contribution in [0.2, 0.25) is 0 Å². The van der Waals surface area contributed by atoms with Crippen LogP contribution in [0.4, 0.5) is 0 Å². The first-order chi connectivity index (χ1) is 38.2. The summed E-state index contributed by atoms with van der Waals surface area (Å²) in [5, 5.41) is 5.09. The highest BCUT2D eigenvalue weighted by Gasteiger charge is 2.16. The molecule has 0 atom stereocenters. The van der Waals surface area contributed by atoms with Gasteiger partial charge in [-0.3, -0.25) is 0 Å². The minimum Gasteiger partial charge on any atom is -0.201 e. The average molecular weight is 1420 g/mol. The quantitative estimate of drug-likeness (QED) is 0.0506. The molecule has 0 aliphatic carbocycles. The number of hydrogen-bond donors (Lipinski definition) is 0. The number of hydrogen-bond acceptors (Lipinski definition) is 0. The lowest BCUT2D eigenvalue weighted by molar-refractivity contribution is -0.690. The zero-order valence-electron chi connectivity index (χ0n) is 43.2. The average Bonchev–Trinajstić information content (AvgIpc) is 3.49. The molecule has 0 aliphatic rings. The van der Waals surface area contributed by atoms with Crippen LogP contribution in [-0.2, 0) is 71.2 Å². The highest BCUT2D eigenvalue weighted by atomic mass is 79.9. The Bertz CT molecular complexity index is 3150. The maximum atomic E-state index is 3.64. The normalized spacial score (nSPS) is 11.3. The molecular weight excluding hydrogens is 1360 g/mol. The standard InChI is InChI=1S/C66H60Br6N6/c67-37-49-25-50(38-68)29-55(28-49)43-73-13-1-61(2-14-73)64-7-19-76(20-8-64)46-58-34-59(47-77-21-9-65(10-22-77)62-3-15-74(16-4-62)44-56-30-51(39-69)26-52(31-56)40-70)36-60(35-58)48-78-23-11-66(12-24-78)63-5-17-75(18-6-63)45-57-32-53(41-71)27-54(33-57)42-72/h1-36H,37-48H2/q+6. The van der Waals surface area contributed by atoms with Gasteiger partial charge in [0, 0.05) is 138 Å². The highest BCUT2D eigenvalue weighted by Crippen LogP contribution is 2.23. The Labute approximate surface area is 509 Å². The molecule has 0 spiro atoms. The fourth-order valence-electron chi connectivity index (χ4n) is 10.2. The van der Waals surface area contributed by atoms with E-state index in [0.29, 0.717) is 0 Å². The van der Waals surface area contributed by atoms with Crippen LogP contribution < -0.4 is 27.4 Å². The van der Waals surface area contributed by atoms with Gasteiger partial charge in [0.15, 0.2) is 114 Å². The van der Waals surface area contributed by atoms with Crippen LogP contribution in [0.1, 0.15) is 66.8 Å². The van der Waals surface area contributed by atoms with Crippen molar-refractivity contribution in [1.29, 1.82) is 0 Å². The molecule has 0 bridgehead atoms. The molecule has 0 amide bonds. The number of nitrogens with zero attached hydrogens (tertiary/aromatic N) is 6. The molecule has 6 aromatic heterocycles. The number of aromatic nitrogens is 6. The molecule has 6 heterocycles. The summed E-state index contributed by atoms with van der Waals surface area (Å²) in [5.74, 6) is 0. The molecule has 0 saturated heterocycles. The molecule has 0 unspecified atom stereocenters. The minimum absolute atomic E-state index is 0.758. The molecular formula is C66H60Br6N6+6. The van der Waals surface area contributed by atoms with Crippen molar-refractivity contribution in [2.75, 3.05) is 0 Å². The molecule has 12 heteroatoms. The second-order valence-electron chi connectivity index (χ2n) is 20.0. The van der Waals surface area contributed by atoms with E-state index >= 15 is 0 Å². The third kappa shape index (κ3) is 15.1. The van der Waals surface area contributed by atoms with Crippen molar-refractivity contribution in [1.82, 2.24) is 0 Å². The van der Waals surface area contributed by atoms with Crippen molar-refractivity contribution in [2.45, 2.75) is 71.2 Å². The van der Waals surface area contributed by atoms with Gasteiger partial charge in [0.1, 0.15) is 0 Å². The van der Waals surface area contributed by atoms with Crippen molar-refractivity contribution in [3.8, 4) is 33.4 Å². The summed E-state index contributed by atoms with van der Waals surface area (Å²) >= 11 is 21.8. The van der Waals surface area contributed by atoms with E-state index in [-0.39, 0.29) is 0 Å². The van der Waals surface area contributed by atoms with Gasteiger partial charge in [-0.2, -0.15) is 0 Å². The Morgan fingerprint density at radius 3 is 0.423 bits per heavy atom. The van der Waals surface area contributed by atoms with Crippen molar-refractivity contribution >= 4 is 95.6 Å². The molecule has 10 aromatic rings. The number of halogens is 6. The van der Waals surface area contributed by atoms with Gasteiger partial charge in [0.05, 0.1) is 0 Å². The lowest BCUT2D eigenvalue weighted by Gasteiger charge is -2.08. The van der Waals surface area contributed by atoms with Gasteiger partial charge in [-0.15, -0.1) is 0 Å². The molecule has 0 N–H and O–H groups in total. The molecule has 0 radical (unpaired) electrons. The summed E-state index contributed by atoms with van der Waals surface area (Å²) < 4.78 is 13.6.